The molecule has 1 aromatic carbocycles. The lowest BCUT2D eigenvalue weighted by molar-refractivity contribution is 0.00214. The molecule has 4 rings (SSSR count). The number of anilines is 1. The van der Waals surface area contributed by atoms with Crippen molar-refractivity contribution in [3.05, 3.63) is 42.5 Å². The quantitative estimate of drug-likeness (QED) is 0.858. The van der Waals surface area contributed by atoms with Gasteiger partial charge < -0.3 is 9.64 Å². The molecule has 1 spiro atoms. The van der Waals surface area contributed by atoms with Gasteiger partial charge >= 0.3 is 0 Å². The lowest BCUT2D eigenvalue weighted by Gasteiger charge is -2.44. The minimum Gasteiger partial charge on any atom is -0.381 e. The van der Waals surface area contributed by atoms with Crippen molar-refractivity contribution in [2.75, 3.05) is 25.1 Å². The van der Waals surface area contributed by atoms with E-state index in [2.05, 4.69) is 39.4 Å². The molecule has 4 nitrogen and oxygen atoms in total. The van der Waals surface area contributed by atoms with E-state index in [1.807, 2.05) is 25.3 Å². The number of hydrogen-bond donors (Lipinski definition) is 0. The second-order valence-corrected chi connectivity index (χ2v) is 7.15. The maximum atomic E-state index is 5.80. The van der Waals surface area contributed by atoms with Crippen molar-refractivity contribution in [2.24, 2.45) is 5.41 Å². The van der Waals surface area contributed by atoms with E-state index in [1.165, 1.54) is 32.1 Å². The van der Waals surface area contributed by atoms with E-state index in [0.29, 0.717) is 11.5 Å². The zero-order valence-corrected chi connectivity index (χ0v) is 14.3. The van der Waals surface area contributed by atoms with E-state index < -0.39 is 0 Å². The van der Waals surface area contributed by atoms with Gasteiger partial charge in [0.2, 0.25) is 0 Å². The van der Waals surface area contributed by atoms with E-state index in [1.54, 1.807) is 0 Å². The molecular weight excluding hydrogens is 298 g/mol. The molecule has 4 heteroatoms. The van der Waals surface area contributed by atoms with Crippen LogP contribution >= 0.6 is 0 Å². The minimum atomic E-state index is 0.312. The Kier molecular flexibility index (Phi) is 4.23. The molecule has 2 aliphatic rings. The Morgan fingerprint density at radius 1 is 1.04 bits per heavy atom. The second kappa shape index (κ2) is 6.52. The van der Waals surface area contributed by atoms with Gasteiger partial charge in [-0.2, -0.15) is 0 Å². The van der Waals surface area contributed by atoms with Gasteiger partial charge in [0, 0.05) is 31.2 Å². The van der Waals surface area contributed by atoms with Crippen LogP contribution < -0.4 is 4.90 Å². The first-order valence-corrected chi connectivity index (χ1v) is 8.98. The van der Waals surface area contributed by atoms with Gasteiger partial charge in [-0.25, -0.2) is 0 Å². The third-order valence-electron chi connectivity index (χ3n) is 5.76. The van der Waals surface area contributed by atoms with E-state index in [4.69, 9.17) is 4.74 Å². The summed E-state index contributed by atoms with van der Waals surface area (Å²) >= 11 is 0. The fraction of sp³-hybridized carbons (Fsp3) is 0.500. The maximum absolute atomic E-state index is 5.80. The first-order chi connectivity index (χ1) is 11.8. The first-order valence-electron chi connectivity index (χ1n) is 8.98. The first kappa shape index (κ1) is 15.6. The summed E-state index contributed by atoms with van der Waals surface area (Å²) in [5.41, 5.74) is 2.36. The summed E-state index contributed by atoms with van der Waals surface area (Å²) in [5.74, 6) is 0.996. The maximum Gasteiger partial charge on any atom is 0.151 e. The van der Waals surface area contributed by atoms with Crippen LogP contribution in [0, 0.1) is 5.41 Å². The number of hydrogen-bond acceptors (Lipinski definition) is 4. The van der Waals surface area contributed by atoms with Crippen LogP contribution in [0.5, 0.6) is 0 Å². The Morgan fingerprint density at radius 2 is 1.88 bits per heavy atom. The van der Waals surface area contributed by atoms with Crippen molar-refractivity contribution in [3.8, 4) is 11.3 Å². The van der Waals surface area contributed by atoms with Gasteiger partial charge in [-0.3, -0.25) is 0 Å². The van der Waals surface area contributed by atoms with Crippen LogP contribution in [0.1, 0.15) is 32.1 Å². The fourth-order valence-corrected chi connectivity index (χ4v) is 4.55. The molecule has 126 valence electrons. The molecule has 1 saturated carbocycles. The predicted octanol–water partition coefficient (Wildman–Crippen LogP) is 3.93. The van der Waals surface area contributed by atoms with Crippen molar-refractivity contribution < 1.29 is 4.74 Å². The SMILES string of the molecule is CO[C@@H]1CCC[C@]12CCCN(c1ccc(-c3ccccc3)nn1)C2. The average Bonchev–Trinajstić information content (AvgIpc) is 3.04. The van der Waals surface area contributed by atoms with E-state index in [-0.39, 0.29) is 0 Å². The lowest BCUT2D eigenvalue weighted by atomic mass is 9.76. The molecule has 2 fully saturated rings. The molecule has 0 bridgehead atoms. The lowest BCUT2D eigenvalue weighted by Crippen LogP contribution is -2.48. The number of aromatic nitrogens is 2. The Morgan fingerprint density at radius 3 is 2.62 bits per heavy atom. The highest BCUT2D eigenvalue weighted by molar-refractivity contribution is 5.59. The molecule has 0 N–H and O–H groups in total. The van der Waals surface area contributed by atoms with Crippen LogP contribution in [-0.2, 0) is 4.74 Å². The van der Waals surface area contributed by atoms with Gasteiger partial charge in [0.1, 0.15) is 0 Å². The number of piperidine rings is 1. The highest BCUT2D eigenvalue weighted by Gasteiger charge is 2.46. The Labute approximate surface area is 143 Å². The summed E-state index contributed by atoms with van der Waals surface area (Å²) < 4.78 is 5.80. The molecule has 1 saturated heterocycles. The second-order valence-electron chi connectivity index (χ2n) is 7.15. The van der Waals surface area contributed by atoms with Crippen LogP contribution in [0.4, 0.5) is 5.82 Å². The van der Waals surface area contributed by atoms with Crippen molar-refractivity contribution in [1.29, 1.82) is 0 Å². The third-order valence-corrected chi connectivity index (χ3v) is 5.76. The molecule has 24 heavy (non-hydrogen) atoms. The van der Waals surface area contributed by atoms with Crippen molar-refractivity contribution in [1.82, 2.24) is 10.2 Å². The highest BCUT2D eigenvalue weighted by Crippen LogP contribution is 2.46. The standard InChI is InChI=1S/C20H25N3O/c1-24-18-9-5-12-20(18)13-6-14-23(15-20)19-11-10-17(21-22-19)16-7-3-2-4-8-16/h2-4,7-8,10-11,18H,5-6,9,12-15H2,1H3/t18-,20-/m1/s1. The van der Waals surface area contributed by atoms with Crippen molar-refractivity contribution >= 4 is 5.82 Å². The van der Waals surface area contributed by atoms with Crippen molar-refractivity contribution in [2.45, 2.75) is 38.2 Å². The van der Waals surface area contributed by atoms with Crippen LogP contribution in [0.25, 0.3) is 11.3 Å². The fourth-order valence-electron chi connectivity index (χ4n) is 4.55. The monoisotopic (exact) mass is 323 g/mol. The zero-order chi connectivity index (χ0) is 16.4. The van der Waals surface area contributed by atoms with Crippen LogP contribution in [0.3, 0.4) is 0 Å². The number of rotatable bonds is 3. The molecule has 0 unspecified atom stereocenters. The van der Waals surface area contributed by atoms with Crippen LogP contribution in [-0.4, -0.2) is 36.5 Å². The summed E-state index contributed by atoms with van der Waals surface area (Å²) in [6.45, 7) is 2.11. The molecule has 2 heterocycles. The van der Waals surface area contributed by atoms with Gasteiger partial charge in [0.05, 0.1) is 11.8 Å². The summed E-state index contributed by atoms with van der Waals surface area (Å²) in [6, 6.07) is 14.4. The number of ether oxygens (including phenoxy) is 1. The van der Waals surface area contributed by atoms with Crippen LogP contribution in [0.2, 0.25) is 0 Å². The molecule has 0 radical (unpaired) electrons. The van der Waals surface area contributed by atoms with Crippen LogP contribution in [0.15, 0.2) is 42.5 Å². The third kappa shape index (κ3) is 2.80. The molecular formula is C20H25N3O. The minimum absolute atomic E-state index is 0.312. The highest BCUT2D eigenvalue weighted by atomic mass is 16.5. The summed E-state index contributed by atoms with van der Waals surface area (Å²) in [4.78, 5) is 2.41. The van der Waals surface area contributed by atoms with Gasteiger partial charge in [-0.1, -0.05) is 36.8 Å². The normalized spacial score (nSPS) is 26.9. The van der Waals surface area contributed by atoms with Gasteiger partial charge in [-0.15, -0.1) is 10.2 Å². The smallest absolute Gasteiger partial charge is 0.151 e. The predicted molar refractivity (Wildman–Crippen MR) is 96.0 cm³/mol. The van der Waals surface area contributed by atoms with E-state index in [0.717, 1.165) is 30.2 Å². The Bertz CT molecular complexity index is 673. The number of nitrogens with zero attached hydrogens (tertiary/aromatic N) is 3. The average molecular weight is 323 g/mol. The summed E-state index contributed by atoms with van der Waals surface area (Å²) in [5, 5.41) is 8.97. The summed E-state index contributed by atoms with van der Waals surface area (Å²) in [6.07, 6.45) is 6.64. The molecule has 2 aromatic rings. The molecule has 1 aliphatic carbocycles. The number of methoxy groups -OCH3 is 1. The van der Waals surface area contributed by atoms with Crippen molar-refractivity contribution in [3.63, 3.8) is 0 Å². The Hall–Kier alpha value is -1.94. The topological polar surface area (TPSA) is 38.2 Å². The zero-order valence-electron chi connectivity index (χ0n) is 14.3. The largest absolute Gasteiger partial charge is 0.381 e. The molecule has 1 aliphatic heterocycles. The van der Waals surface area contributed by atoms with Gasteiger partial charge in [-0.05, 0) is 37.8 Å². The molecule has 2 atom stereocenters. The summed E-state index contributed by atoms with van der Waals surface area (Å²) in [7, 11) is 1.87. The number of benzene rings is 1. The van der Waals surface area contributed by atoms with Gasteiger partial charge in [0.25, 0.3) is 0 Å². The van der Waals surface area contributed by atoms with Gasteiger partial charge in [0.15, 0.2) is 5.82 Å². The van der Waals surface area contributed by atoms with E-state index in [9.17, 15) is 0 Å². The van der Waals surface area contributed by atoms with E-state index >= 15 is 0 Å². The molecule has 0 amide bonds. The molecule has 1 aromatic heterocycles. The Balaban J connectivity index is 1.53.